The van der Waals surface area contributed by atoms with E-state index >= 15 is 0 Å². The maximum Gasteiger partial charge on any atom is 0.124 e. The fourth-order valence-electron chi connectivity index (χ4n) is 4.30. The first-order valence-electron chi connectivity index (χ1n) is 11.4. The lowest BCUT2D eigenvalue weighted by atomic mass is 9.96. The van der Waals surface area contributed by atoms with Crippen LogP contribution >= 0.6 is 0 Å². The molecule has 178 valence electrons. The third-order valence-corrected chi connectivity index (χ3v) is 6.19. The molecule has 0 unspecified atom stereocenters. The molecule has 0 saturated heterocycles. The average molecular weight is 468 g/mol. The molecule has 0 aliphatic carbocycles. The molecule has 4 rings (SSSR count). The van der Waals surface area contributed by atoms with E-state index < -0.39 is 0 Å². The van der Waals surface area contributed by atoms with Crippen molar-refractivity contribution in [3.63, 3.8) is 0 Å². The molecular weight excluding hydrogens is 437 g/mol. The highest BCUT2D eigenvalue weighted by molar-refractivity contribution is 5.88. The molecule has 0 spiro atoms. The standard InChI is InChI=1S/C29H30FN5/c1-8-10-23(21-11-17(3)12-22(30)14-21)24-15-27(32-19(24)5)29-25(26(9-2)33-34-29)13-18(4)28-16-31-20(6)35(28)7/h8-16,32-33H,1,4H2,2-3,5-7H3/b23-10-,25-13+,26-9+. The van der Waals surface area contributed by atoms with Crippen LogP contribution in [0.1, 0.15) is 40.8 Å². The summed E-state index contributed by atoms with van der Waals surface area (Å²) < 4.78 is 16.2. The van der Waals surface area contributed by atoms with Gasteiger partial charge >= 0.3 is 0 Å². The Labute approximate surface area is 204 Å². The minimum absolute atomic E-state index is 0.264. The number of aromatic amines is 2. The fourth-order valence-corrected chi connectivity index (χ4v) is 4.30. The predicted molar refractivity (Wildman–Crippen MR) is 142 cm³/mol. The number of rotatable bonds is 6. The second-order valence-electron chi connectivity index (χ2n) is 8.66. The Morgan fingerprint density at radius 2 is 1.91 bits per heavy atom. The molecule has 0 fully saturated rings. The minimum atomic E-state index is -0.264. The second kappa shape index (κ2) is 9.58. The fraction of sp³-hybridized carbons (Fsp3) is 0.172. The van der Waals surface area contributed by atoms with E-state index in [0.29, 0.717) is 0 Å². The molecule has 0 bridgehead atoms. The van der Waals surface area contributed by atoms with Gasteiger partial charge in [-0.1, -0.05) is 37.5 Å². The number of aromatic nitrogens is 5. The molecule has 0 aliphatic rings. The SMILES string of the molecule is C=C/C=C(/c1cc(C)cc(F)c1)c1cc(-c2n[nH]c(=C/C)/c2=C\C(=C)c2cnc(C)n2C)[nH]c1C. The highest BCUT2D eigenvalue weighted by Gasteiger charge is 2.16. The van der Waals surface area contributed by atoms with Crippen molar-refractivity contribution in [1.29, 1.82) is 0 Å². The summed E-state index contributed by atoms with van der Waals surface area (Å²) in [6.07, 6.45) is 9.47. The first-order chi connectivity index (χ1) is 16.7. The topological polar surface area (TPSA) is 62.3 Å². The number of hydrogen-bond donors (Lipinski definition) is 2. The van der Waals surface area contributed by atoms with Gasteiger partial charge in [0.15, 0.2) is 0 Å². The molecule has 1 aromatic carbocycles. The van der Waals surface area contributed by atoms with E-state index in [1.54, 1.807) is 12.1 Å². The number of aryl methyl sites for hydroxylation is 3. The quantitative estimate of drug-likeness (QED) is 0.387. The van der Waals surface area contributed by atoms with E-state index in [0.717, 1.165) is 67.0 Å². The summed E-state index contributed by atoms with van der Waals surface area (Å²) in [5, 5.41) is 9.57. The van der Waals surface area contributed by atoms with E-state index in [2.05, 4.69) is 39.4 Å². The van der Waals surface area contributed by atoms with Gasteiger partial charge in [-0.3, -0.25) is 5.10 Å². The van der Waals surface area contributed by atoms with Crippen molar-refractivity contribution >= 4 is 23.3 Å². The smallest absolute Gasteiger partial charge is 0.124 e. The van der Waals surface area contributed by atoms with Crippen LogP contribution in [0.25, 0.3) is 34.7 Å². The van der Waals surface area contributed by atoms with Gasteiger partial charge in [0.1, 0.15) is 17.3 Å². The highest BCUT2D eigenvalue weighted by atomic mass is 19.1. The number of imidazole rings is 1. The van der Waals surface area contributed by atoms with Crippen LogP contribution in [0.5, 0.6) is 0 Å². The number of benzene rings is 1. The Kier molecular flexibility index (Phi) is 6.56. The zero-order valence-corrected chi connectivity index (χ0v) is 20.8. The van der Waals surface area contributed by atoms with Gasteiger partial charge in [0.2, 0.25) is 0 Å². The van der Waals surface area contributed by atoms with Gasteiger partial charge in [-0.25, -0.2) is 9.37 Å². The van der Waals surface area contributed by atoms with Crippen molar-refractivity contribution < 1.29 is 4.39 Å². The summed E-state index contributed by atoms with van der Waals surface area (Å²) in [5.74, 6) is 0.655. The third-order valence-electron chi connectivity index (χ3n) is 6.19. The van der Waals surface area contributed by atoms with Gasteiger partial charge in [0.25, 0.3) is 0 Å². The van der Waals surface area contributed by atoms with Crippen LogP contribution in [-0.2, 0) is 7.05 Å². The van der Waals surface area contributed by atoms with Crippen LogP contribution in [0.15, 0.2) is 55.8 Å². The lowest BCUT2D eigenvalue weighted by Crippen LogP contribution is -2.23. The molecule has 4 aromatic rings. The molecule has 3 aromatic heterocycles. The van der Waals surface area contributed by atoms with E-state index in [-0.39, 0.29) is 5.82 Å². The van der Waals surface area contributed by atoms with Crippen LogP contribution in [-0.4, -0.2) is 24.7 Å². The summed E-state index contributed by atoms with van der Waals surface area (Å²) >= 11 is 0. The summed E-state index contributed by atoms with van der Waals surface area (Å²) in [6, 6.07) is 7.10. The van der Waals surface area contributed by atoms with Crippen molar-refractivity contribution in [1.82, 2.24) is 24.7 Å². The van der Waals surface area contributed by atoms with Crippen molar-refractivity contribution in [3.8, 4) is 11.4 Å². The lowest BCUT2D eigenvalue weighted by molar-refractivity contribution is 0.626. The van der Waals surface area contributed by atoms with Crippen LogP contribution in [0.4, 0.5) is 4.39 Å². The molecule has 5 nitrogen and oxygen atoms in total. The summed E-state index contributed by atoms with van der Waals surface area (Å²) in [4.78, 5) is 7.86. The molecule has 3 heterocycles. The van der Waals surface area contributed by atoms with E-state index in [1.807, 2.05) is 69.8 Å². The van der Waals surface area contributed by atoms with Gasteiger partial charge in [0.05, 0.1) is 22.9 Å². The minimum Gasteiger partial charge on any atom is -0.357 e. The number of nitrogens with zero attached hydrogens (tertiary/aromatic N) is 3. The van der Waals surface area contributed by atoms with Gasteiger partial charge in [-0.15, -0.1) is 0 Å². The number of nitrogens with one attached hydrogen (secondary N) is 2. The monoisotopic (exact) mass is 467 g/mol. The van der Waals surface area contributed by atoms with Crippen molar-refractivity contribution in [3.05, 3.63) is 106 Å². The number of allylic oxidation sites excluding steroid dienone is 3. The zero-order valence-electron chi connectivity index (χ0n) is 20.8. The molecule has 0 atom stereocenters. The van der Waals surface area contributed by atoms with Gasteiger partial charge < -0.3 is 9.55 Å². The van der Waals surface area contributed by atoms with Crippen LogP contribution < -0.4 is 10.6 Å². The van der Waals surface area contributed by atoms with Gasteiger partial charge in [-0.05, 0) is 74.2 Å². The molecular formula is C29H30FN5. The average Bonchev–Trinajstić information content (AvgIpc) is 3.48. The number of halogens is 1. The number of hydrogen-bond acceptors (Lipinski definition) is 2. The lowest BCUT2D eigenvalue weighted by Gasteiger charge is -2.09. The molecule has 0 amide bonds. The Balaban J connectivity index is 1.86. The van der Waals surface area contributed by atoms with E-state index in [9.17, 15) is 4.39 Å². The molecule has 2 N–H and O–H groups in total. The zero-order chi connectivity index (χ0) is 25.3. The number of H-pyrrole nitrogens is 2. The Bertz CT molecular complexity index is 1570. The summed E-state index contributed by atoms with van der Waals surface area (Å²) in [6.45, 7) is 16.0. The molecule has 6 heteroatoms. The van der Waals surface area contributed by atoms with Crippen LogP contribution in [0, 0.1) is 26.6 Å². The normalized spacial score (nSPS) is 13.0. The largest absolute Gasteiger partial charge is 0.357 e. The first-order valence-corrected chi connectivity index (χ1v) is 11.4. The molecule has 0 saturated carbocycles. The van der Waals surface area contributed by atoms with Gasteiger partial charge in [-0.2, -0.15) is 5.10 Å². The van der Waals surface area contributed by atoms with Gasteiger partial charge in [0, 0.05) is 23.5 Å². The second-order valence-corrected chi connectivity index (χ2v) is 8.66. The molecule has 0 radical (unpaired) electrons. The Hall–Kier alpha value is -4.19. The highest BCUT2D eigenvalue weighted by Crippen LogP contribution is 2.30. The van der Waals surface area contributed by atoms with E-state index in [4.69, 9.17) is 0 Å². The maximum absolute atomic E-state index is 14.2. The van der Waals surface area contributed by atoms with E-state index in [1.165, 1.54) is 6.07 Å². The summed E-state index contributed by atoms with van der Waals surface area (Å²) in [5.41, 5.74) is 7.87. The molecule has 0 aliphatic heterocycles. The molecule has 35 heavy (non-hydrogen) atoms. The van der Waals surface area contributed by atoms with Crippen molar-refractivity contribution in [2.45, 2.75) is 27.7 Å². The first kappa shape index (κ1) is 24.0. The van der Waals surface area contributed by atoms with Crippen LogP contribution in [0.2, 0.25) is 0 Å². The van der Waals surface area contributed by atoms with Crippen molar-refractivity contribution in [2.24, 2.45) is 7.05 Å². The van der Waals surface area contributed by atoms with Crippen molar-refractivity contribution in [2.75, 3.05) is 0 Å². The predicted octanol–water partition coefficient (Wildman–Crippen LogP) is 5.11. The Morgan fingerprint density at radius 1 is 1.14 bits per heavy atom. The summed E-state index contributed by atoms with van der Waals surface area (Å²) in [7, 11) is 1.97. The Morgan fingerprint density at radius 3 is 2.54 bits per heavy atom. The van der Waals surface area contributed by atoms with Crippen LogP contribution in [0.3, 0.4) is 0 Å². The third kappa shape index (κ3) is 4.60. The maximum atomic E-state index is 14.2.